The van der Waals surface area contributed by atoms with Crippen molar-refractivity contribution in [3.63, 3.8) is 0 Å². The van der Waals surface area contributed by atoms with Crippen molar-refractivity contribution >= 4 is 11.5 Å². The Bertz CT molecular complexity index is 366. The molecule has 0 atom stereocenters. The lowest BCUT2D eigenvalue weighted by molar-refractivity contribution is -0.132. The Morgan fingerprint density at radius 3 is 2.33 bits per heavy atom. The Morgan fingerprint density at radius 2 is 1.87 bits per heavy atom. The molecule has 0 unspecified atom stereocenters. The second-order valence-electron chi connectivity index (χ2n) is 3.25. The number of carboxylic acid groups (broad SMARTS) is 1. The summed E-state index contributed by atoms with van der Waals surface area (Å²) in [5.74, 6) is -0.942. The van der Waals surface area contributed by atoms with Gasteiger partial charge >= 0.3 is 5.97 Å². The fourth-order valence-corrected chi connectivity index (χ4v) is 1.43. The molecular formula is C12H14O3. The first kappa shape index (κ1) is 11.5. The van der Waals surface area contributed by atoms with Crippen molar-refractivity contribution in [2.45, 2.75) is 13.3 Å². The normalized spacial score (nSPS) is 12.1. The summed E-state index contributed by atoms with van der Waals surface area (Å²) in [6, 6.07) is 9.26. The van der Waals surface area contributed by atoms with Crippen LogP contribution in [-0.2, 0) is 4.79 Å². The molecule has 0 fully saturated rings. The highest BCUT2D eigenvalue weighted by molar-refractivity contribution is 5.95. The van der Waals surface area contributed by atoms with Crippen molar-refractivity contribution in [1.29, 1.82) is 0 Å². The van der Waals surface area contributed by atoms with E-state index in [1.165, 1.54) is 0 Å². The van der Waals surface area contributed by atoms with E-state index in [-0.39, 0.29) is 12.2 Å². The van der Waals surface area contributed by atoms with Crippen LogP contribution in [0.1, 0.15) is 18.9 Å². The number of hydrogen-bond donors (Lipinski definition) is 2. The van der Waals surface area contributed by atoms with Crippen molar-refractivity contribution in [3.05, 3.63) is 41.5 Å². The molecule has 0 radical (unpaired) electrons. The summed E-state index contributed by atoms with van der Waals surface area (Å²) in [7, 11) is 0. The molecule has 80 valence electrons. The average Bonchev–Trinajstić information content (AvgIpc) is 2.26. The molecule has 0 amide bonds. The third-order valence-electron chi connectivity index (χ3n) is 2.26. The quantitative estimate of drug-likeness (QED) is 0.740. The van der Waals surface area contributed by atoms with Crippen LogP contribution in [0.3, 0.4) is 0 Å². The Hall–Kier alpha value is -1.61. The molecule has 0 bridgehead atoms. The number of carboxylic acids is 1. The van der Waals surface area contributed by atoms with Gasteiger partial charge in [0.15, 0.2) is 0 Å². The smallest absolute Gasteiger partial charge is 0.331 e. The summed E-state index contributed by atoms with van der Waals surface area (Å²) in [6.07, 6.45) is 0.363. The minimum atomic E-state index is -0.942. The van der Waals surface area contributed by atoms with Gasteiger partial charge in [0.05, 0.1) is 0 Å². The fraction of sp³-hybridized carbons (Fsp3) is 0.250. The summed E-state index contributed by atoms with van der Waals surface area (Å²) in [5.41, 5.74) is 1.83. The molecule has 0 aliphatic carbocycles. The summed E-state index contributed by atoms with van der Waals surface area (Å²) in [6.45, 7) is 1.51. The molecule has 0 heterocycles. The van der Waals surface area contributed by atoms with Crippen LogP contribution in [0.4, 0.5) is 0 Å². The zero-order valence-electron chi connectivity index (χ0n) is 8.60. The van der Waals surface area contributed by atoms with E-state index in [2.05, 4.69) is 0 Å². The number of carbonyl (C=O) groups is 1. The second-order valence-corrected chi connectivity index (χ2v) is 3.25. The summed E-state index contributed by atoms with van der Waals surface area (Å²) in [4.78, 5) is 10.8. The summed E-state index contributed by atoms with van der Waals surface area (Å²) < 4.78 is 0. The predicted octanol–water partition coefficient (Wildman–Crippen LogP) is 1.93. The monoisotopic (exact) mass is 206 g/mol. The molecule has 1 aromatic rings. The Morgan fingerprint density at radius 1 is 1.27 bits per heavy atom. The molecule has 0 spiro atoms. The third kappa shape index (κ3) is 2.92. The van der Waals surface area contributed by atoms with Gasteiger partial charge in [-0.15, -0.1) is 0 Å². The van der Waals surface area contributed by atoms with Gasteiger partial charge in [0.25, 0.3) is 0 Å². The van der Waals surface area contributed by atoms with Crippen LogP contribution in [0.25, 0.3) is 5.57 Å². The molecule has 1 aromatic carbocycles. The lowest BCUT2D eigenvalue weighted by Gasteiger charge is -2.08. The van der Waals surface area contributed by atoms with Gasteiger partial charge in [0.1, 0.15) is 0 Å². The standard InChI is InChI=1S/C12H14O3/c1-9(12(14)15)11(7-8-13)10-5-3-2-4-6-10/h2-6,13H,7-8H2,1H3,(H,14,15). The van der Waals surface area contributed by atoms with Crippen LogP contribution in [-0.4, -0.2) is 22.8 Å². The van der Waals surface area contributed by atoms with E-state index >= 15 is 0 Å². The van der Waals surface area contributed by atoms with E-state index in [0.29, 0.717) is 12.0 Å². The molecule has 15 heavy (non-hydrogen) atoms. The van der Waals surface area contributed by atoms with Gasteiger partial charge in [-0.25, -0.2) is 4.79 Å². The minimum absolute atomic E-state index is 0.0468. The van der Waals surface area contributed by atoms with E-state index < -0.39 is 5.97 Å². The van der Waals surface area contributed by atoms with Crippen molar-refractivity contribution in [2.24, 2.45) is 0 Å². The molecule has 0 saturated heterocycles. The van der Waals surface area contributed by atoms with Crippen LogP contribution in [0.5, 0.6) is 0 Å². The van der Waals surface area contributed by atoms with Crippen LogP contribution in [0, 0.1) is 0 Å². The third-order valence-corrected chi connectivity index (χ3v) is 2.26. The highest BCUT2D eigenvalue weighted by Crippen LogP contribution is 2.21. The highest BCUT2D eigenvalue weighted by Gasteiger charge is 2.10. The maximum atomic E-state index is 10.8. The SMILES string of the molecule is CC(C(=O)O)=C(CCO)c1ccccc1. The molecule has 2 N–H and O–H groups in total. The number of benzene rings is 1. The van der Waals surface area contributed by atoms with Crippen LogP contribution in [0.2, 0.25) is 0 Å². The van der Waals surface area contributed by atoms with Crippen molar-refractivity contribution in [1.82, 2.24) is 0 Å². The number of hydrogen-bond acceptors (Lipinski definition) is 2. The van der Waals surface area contributed by atoms with Crippen molar-refractivity contribution in [3.8, 4) is 0 Å². The van der Waals surface area contributed by atoms with Crippen molar-refractivity contribution < 1.29 is 15.0 Å². The maximum Gasteiger partial charge on any atom is 0.331 e. The van der Waals surface area contributed by atoms with Gasteiger partial charge in [0.2, 0.25) is 0 Å². The largest absolute Gasteiger partial charge is 0.478 e. The van der Waals surface area contributed by atoms with E-state index in [0.717, 1.165) is 5.56 Å². The summed E-state index contributed by atoms with van der Waals surface area (Å²) >= 11 is 0. The van der Waals surface area contributed by atoms with Crippen LogP contribution < -0.4 is 0 Å². The molecule has 3 nitrogen and oxygen atoms in total. The zero-order valence-corrected chi connectivity index (χ0v) is 8.60. The molecule has 1 rings (SSSR count). The van der Waals surface area contributed by atoms with Gasteiger partial charge in [0, 0.05) is 12.2 Å². The maximum absolute atomic E-state index is 10.8. The van der Waals surface area contributed by atoms with E-state index in [4.69, 9.17) is 10.2 Å². The first-order chi connectivity index (χ1) is 7.16. The summed E-state index contributed by atoms with van der Waals surface area (Å²) in [5, 5.41) is 17.8. The second kappa shape index (κ2) is 5.32. The molecule has 0 saturated carbocycles. The van der Waals surface area contributed by atoms with Crippen LogP contribution in [0.15, 0.2) is 35.9 Å². The van der Waals surface area contributed by atoms with Gasteiger partial charge in [-0.3, -0.25) is 0 Å². The van der Waals surface area contributed by atoms with E-state index in [1.54, 1.807) is 6.92 Å². The molecule has 3 heteroatoms. The van der Waals surface area contributed by atoms with E-state index in [9.17, 15) is 4.79 Å². The Labute approximate surface area is 88.7 Å². The average molecular weight is 206 g/mol. The minimum Gasteiger partial charge on any atom is -0.478 e. The lowest BCUT2D eigenvalue weighted by atomic mass is 9.98. The number of aliphatic hydroxyl groups is 1. The number of aliphatic carboxylic acids is 1. The van der Waals surface area contributed by atoms with Gasteiger partial charge in [-0.1, -0.05) is 30.3 Å². The van der Waals surface area contributed by atoms with Gasteiger partial charge < -0.3 is 10.2 Å². The fourth-order valence-electron chi connectivity index (χ4n) is 1.43. The highest BCUT2D eigenvalue weighted by atomic mass is 16.4. The van der Waals surface area contributed by atoms with Crippen molar-refractivity contribution in [2.75, 3.05) is 6.61 Å². The molecule has 0 aliphatic rings. The number of aliphatic hydroxyl groups excluding tert-OH is 1. The molecule has 0 aromatic heterocycles. The van der Waals surface area contributed by atoms with Gasteiger partial charge in [-0.05, 0) is 24.5 Å². The lowest BCUT2D eigenvalue weighted by Crippen LogP contribution is -2.02. The topological polar surface area (TPSA) is 57.5 Å². The van der Waals surface area contributed by atoms with Gasteiger partial charge in [-0.2, -0.15) is 0 Å². The predicted molar refractivity (Wildman–Crippen MR) is 58.4 cm³/mol. The van der Waals surface area contributed by atoms with E-state index in [1.807, 2.05) is 30.3 Å². The molecule has 0 aliphatic heterocycles. The first-order valence-corrected chi connectivity index (χ1v) is 4.76. The number of rotatable bonds is 4. The zero-order chi connectivity index (χ0) is 11.3. The molecular weight excluding hydrogens is 192 g/mol. The Kier molecular flexibility index (Phi) is 4.06. The first-order valence-electron chi connectivity index (χ1n) is 4.76. The van der Waals surface area contributed by atoms with Crippen LogP contribution >= 0.6 is 0 Å². The Balaban J connectivity index is 3.14.